The van der Waals surface area contributed by atoms with E-state index in [1.165, 1.54) is 4.90 Å². The number of nitrogens with zero attached hydrogens (tertiary/aromatic N) is 1. The van der Waals surface area contributed by atoms with E-state index in [0.29, 0.717) is 30.9 Å². The number of carbonyl (C=O) groups is 2. The Morgan fingerprint density at radius 2 is 1.73 bits per heavy atom. The SMILES string of the molecule is COCCCN1C(=O)C(=O)/C(=C(/O)c2ccc(OC)cc2C)[C@@H]1c1ccc(C(C)(C)C)cc1. The molecular weight excluding hydrogens is 418 g/mol. The van der Waals surface area contributed by atoms with Crippen LogP contribution in [0, 0.1) is 6.92 Å². The summed E-state index contributed by atoms with van der Waals surface area (Å²) in [4.78, 5) is 27.7. The van der Waals surface area contributed by atoms with Crippen molar-refractivity contribution >= 4 is 17.4 Å². The highest BCUT2D eigenvalue weighted by molar-refractivity contribution is 6.46. The minimum Gasteiger partial charge on any atom is -0.507 e. The molecule has 1 atom stereocenters. The van der Waals surface area contributed by atoms with Gasteiger partial charge in [0.2, 0.25) is 0 Å². The summed E-state index contributed by atoms with van der Waals surface area (Å²) >= 11 is 0. The minimum absolute atomic E-state index is 0.0288. The molecule has 0 spiro atoms. The molecule has 3 rings (SSSR count). The predicted molar refractivity (Wildman–Crippen MR) is 128 cm³/mol. The van der Waals surface area contributed by atoms with Crippen LogP contribution >= 0.6 is 0 Å². The van der Waals surface area contributed by atoms with E-state index >= 15 is 0 Å². The number of likely N-dealkylation sites (tertiary alicyclic amines) is 1. The number of ketones is 1. The fourth-order valence-electron chi connectivity index (χ4n) is 4.18. The quantitative estimate of drug-likeness (QED) is 0.284. The van der Waals surface area contributed by atoms with Crippen molar-refractivity contribution in [3.63, 3.8) is 0 Å². The summed E-state index contributed by atoms with van der Waals surface area (Å²) in [7, 11) is 3.17. The summed E-state index contributed by atoms with van der Waals surface area (Å²) in [6.45, 7) is 9.04. The molecule has 0 aliphatic carbocycles. The van der Waals surface area contributed by atoms with Gasteiger partial charge in [0.15, 0.2) is 0 Å². The van der Waals surface area contributed by atoms with Gasteiger partial charge in [0.05, 0.1) is 18.7 Å². The third-order valence-electron chi connectivity index (χ3n) is 6.07. The topological polar surface area (TPSA) is 76.1 Å². The molecule has 1 fully saturated rings. The molecule has 0 aromatic heterocycles. The number of Topliss-reactive ketones (excluding diaryl/α,β-unsaturated/α-hetero) is 1. The Labute approximate surface area is 195 Å². The summed E-state index contributed by atoms with van der Waals surface area (Å²) in [5, 5.41) is 11.3. The van der Waals surface area contributed by atoms with Crippen LogP contribution in [0.1, 0.15) is 55.5 Å². The highest BCUT2D eigenvalue weighted by Crippen LogP contribution is 2.40. The van der Waals surface area contributed by atoms with Crippen LogP contribution in [0.15, 0.2) is 48.0 Å². The number of aryl methyl sites for hydroxylation is 1. The summed E-state index contributed by atoms with van der Waals surface area (Å²) in [6, 6.07) is 12.5. The number of hydrogen-bond acceptors (Lipinski definition) is 5. The first-order valence-electron chi connectivity index (χ1n) is 11.1. The minimum atomic E-state index is -0.676. The van der Waals surface area contributed by atoms with Crippen molar-refractivity contribution in [3.8, 4) is 5.75 Å². The Kier molecular flexibility index (Phi) is 7.28. The Morgan fingerprint density at radius 3 is 2.27 bits per heavy atom. The monoisotopic (exact) mass is 451 g/mol. The first kappa shape index (κ1) is 24.5. The molecule has 2 aromatic carbocycles. The number of ether oxygens (including phenoxy) is 2. The maximum atomic E-state index is 13.1. The van der Waals surface area contributed by atoms with Crippen molar-refractivity contribution < 1.29 is 24.2 Å². The van der Waals surface area contributed by atoms with E-state index in [1.54, 1.807) is 32.4 Å². The molecule has 0 unspecified atom stereocenters. The molecule has 6 heteroatoms. The zero-order valence-electron chi connectivity index (χ0n) is 20.3. The largest absolute Gasteiger partial charge is 0.507 e. The molecule has 0 bridgehead atoms. The maximum Gasteiger partial charge on any atom is 0.295 e. The van der Waals surface area contributed by atoms with Crippen molar-refractivity contribution in [2.24, 2.45) is 0 Å². The average Bonchev–Trinajstić information content (AvgIpc) is 3.03. The Morgan fingerprint density at radius 1 is 1.06 bits per heavy atom. The molecular formula is C27H33NO5. The lowest BCUT2D eigenvalue weighted by atomic mass is 9.85. The van der Waals surface area contributed by atoms with Crippen molar-refractivity contribution in [2.45, 2.75) is 45.6 Å². The number of carbonyl (C=O) groups excluding carboxylic acids is 2. The molecule has 1 heterocycles. The molecule has 2 aromatic rings. The third kappa shape index (κ3) is 4.96. The fourth-order valence-corrected chi connectivity index (χ4v) is 4.18. The van der Waals surface area contributed by atoms with Crippen LogP contribution in [-0.2, 0) is 19.7 Å². The molecule has 1 aliphatic heterocycles. The van der Waals surface area contributed by atoms with Gasteiger partial charge in [-0.05, 0) is 53.6 Å². The predicted octanol–water partition coefficient (Wildman–Crippen LogP) is 4.76. The standard InChI is InChI=1S/C27H33NO5/c1-17-16-20(33-6)12-13-21(17)24(29)22-23(18-8-10-19(11-9-18)27(2,3)4)28(14-7-15-32-5)26(31)25(22)30/h8-13,16,23,29H,7,14-15H2,1-6H3/b24-22+/t23-/m0/s1. The van der Waals surface area contributed by atoms with E-state index in [9.17, 15) is 14.7 Å². The van der Waals surface area contributed by atoms with Gasteiger partial charge >= 0.3 is 0 Å². The van der Waals surface area contributed by atoms with E-state index in [2.05, 4.69) is 20.8 Å². The number of aliphatic hydroxyl groups excluding tert-OH is 1. The third-order valence-corrected chi connectivity index (χ3v) is 6.07. The molecule has 1 N–H and O–H groups in total. The Hall–Kier alpha value is -3.12. The van der Waals surface area contributed by atoms with Crippen LogP contribution in [0.25, 0.3) is 5.76 Å². The van der Waals surface area contributed by atoms with Gasteiger partial charge in [-0.1, -0.05) is 45.0 Å². The maximum absolute atomic E-state index is 13.1. The summed E-state index contributed by atoms with van der Waals surface area (Å²) in [5.41, 5.74) is 3.26. The summed E-state index contributed by atoms with van der Waals surface area (Å²) in [6.07, 6.45) is 0.585. The first-order chi connectivity index (χ1) is 15.6. The van der Waals surface area contributed by atoms with E-state index < -0.39 is 17.7 Å². The van der Waals surface area contributed by atoms with E-state index in [-0.39, 0.29) is 16.7 Å². The lowest BCUT2D eigenvalue weighted by Gasteiger charge is -2.26. The van der Waals surface area contributed by atoms with E-state index in [4.69, 9.17) is 9.47 Å². The second-order valence-electron chi connectivity index (χ2n) is 9.39. The molecule has 1 aliphatic rings. The number of aliphatic hydroxyl groups is 1. The zero-order chi connectivity index (χ0) is 24.3. The normalized spacial score (nSPS) is 18.1. The molecule has 0 saturated carbocycles. The van der Waals surface area contributed by atoms with Crippen LogP contribution in [0.2, 0.25) is 0 Å². The molecule has 1 saturated heterocycles. The van der Waals surface area contributed by atoms with Gasteiger partial charge < -0.3 is 19.5 Å². The van der Waals surface area contributed by atoms with Crippen molar-refractivity contribution in [1.29, 1.82) is 0 Å². The van der Waals surface area contributed by atoms with Crippen molar-refractivity contribution in [3.05, 3.63) is 70.3 Å². The van der Waals surface area contributed by atoms with Gasteiger partial charge in [-0.2, -0.15) is 0 Å². The molecule has 6 nitrogen and oxygen atoms in total. The first-order valence-corrected chi connectivity index (χ1v) is 11.1. The Bertz CT molecular complexity index is 1060. The van der Waals surface area contributed by atoms with Gasteiger partial charge in [0.25, 0.3) is 11.7 Å². The van der Waals surface area contributed by atoms with Crippen LogP contribution < -0.4 is 4.74 Å². The highest BCUT2D eigenvalue weighted by Gasteiger charge is 2.46. The van der Waals surface area contributed by atoms with Gasteiger partial charge in [0.1, 0.15) is 11.5 Å². The van der Waals surface area contributed by atoms with Gasteiger partial charge in [0, 0.05) is 25.8 Å². The van der Waals surface area contributed by atoms with Crippen molar-refractivity contribution in [2.75, 3.05) is 27.4 Å². The van der Waals surface area contributed by atoms with Crippen LogP contribution in [0.5, 0.6) is 5.75 Å². The number of methoxy groups -OCH3 is 2. The smallest absolute Gasteiger partial charge is 0.295 e. The molecule has 176 valence electrons. The molecule has 33 heavy (non-hydrogen) atoms. The Balaban J connectivity index is 2.14. The number of rotatable bonds is 7. The summed E-state index contributed by atoms with van der Waals surface area (Å²) in [5.74, 6) is -0.806. The fraction of sp³-hybridized carbons (Fsp3) is 0.407. The average molecular weight is 452 g/mol. The lowest BCUT2D eigenvalue weighted by molar-refractivity contribution is -0.140. The van der Waals surface area contributed by atoms with E-state index in [0.717, 1.165) is 16.7 Å². The van der Waals surface area contributed by atoms with Crippen LogP contribution in [0.4, 0.5) is 0 Å². The number of hydrogen-bond donors (Lipinski definition) is 1. The second-order valence-corrected chi connectivity index (χ2v) is 9.39. The molecule has 0 radical (unpaired) electrons. The van der Waals surface area contributed by atoms with Crippen LogP contribution in [-0.4, -0.2) is 49.1 Å². The number of benzene rings is 2. The van der Waals surface area contributed by atoms with Gasteiger partial charge in [-0.15, -0.1) is 0 Å². The van der Waals surface area contributed by atoms with Crippen molar-refractivity contribution in [1.82, 2.24) is 4.90 Å². The molecule has 1 amide bonds. The lowest BCUT2D eigenvalue weighted by Crippen LogP contribution is -2.31. The number of amides is 1. The van der Waals surface area contributed by atoms with Gasteiger partial charge in [-0.25, -0.2) is 0 Å². The van der Waals surface area contributed by atoms with Crippen LogP contribution in [0.3, 0.4) is 0 Å². The van der Waals surface area contributed by atoms with E-state index in [1.807, 2.05) is 31.2 Å². The van der Waals surface area contributed by atoms with Gasteiger partial charge in [-0.3, -0.25) is 9.59 Å². The second kappa shape index (κ2) is 9.79. The zero-order valence-corrected chi connectivity index (χ0v) is 20.3. The highest BCUT2D eigenvalue weighted by atomic mass is 16.5. The summed E-state index contributed by atoms with van der Waals surface area (Å²) < 4.78 is 10.4.